The summed E-state index contributed by atoms with van der Waals surface area (Å²) >= 11 is 1.48. The molecule has 0 N–H and O–H groups in total. The monoisotopic (exact) mass is 384 g/mol. The van der Waals surface area contributed by atoms with Gasteiger partial charge in [0.1, 0.15) is 11.3 Å². The molecule has 0 aliphatic carbocycles. The third kappa shape index (κ3) is 4.12. The molecular weight excluding hydrogens is 360 g/mol. The first-order valence-corrected chi connectivity index (χ1v) is 9.77. The molecular formula is C21H24N2O3S. The third-order valence-electron chi connectivity index (χ3n) is 4.36. The molecule has 0 saturated carbocycles. The van der Waals surface area contributed by atoms with E-state index in [4.69, 9.17) is 9.47 Å². The number of amides is 1. The molecule has 1 amide bonds. The molecule has 0 atom stereocenters. The summed E-state index contributed by atoms with van der Waals surface area (Å²) < 4.78 is 14.1. The predicted octanol–water partition coefficient (Wildman–Crippen LogP) is 4.11. The van der Waals surface area contributed by atoms with Crippen LogP contribution in [0.25, 0.3) is 10.2 Å². The summed E-state index contributed by atoms with van der Waals surface area (Å²) in [6.45, 7) is 7.71. The average molecular weight is 385 g/mol. The van der Waals surface area contributed by atoms with E-state index < -0.39 is 0 Å². The van der Waals surface area contributed by atoms with Crippen LogP contribution < -0.4 is 9.54 Å². The van der Waals surface area contributed by atoms with Crippen molar-refractivity contribution in [1.29, 1.82) is 0 Å². The van der Waals surface area contributed by atoms with Crippen molar-refractivity contribution >= 4 is 27.5 Å². The number of thiazole rings is 1. The number of para-hydroxylation sites is 1. The van der Waals surface area contributed by atoms with Crippen LogP contribution in [0.4, 0.5) is 0 Å². The minimum atomic E-state index is -0.233. The van der Waals surface area contributed by atoms with Gasteiger partial charge >= 0.3 is 0 Å². The lowest BCUT2D eigenvalue weighted by Gasteiger charge is -2.08. The maximum atomic E-state index is 12.8. The quantitative estimate of drug-likeness (QED) is 0.601. The van der Waals surface area contributed by atoms with E-state index in [-0.39, 0.29) is 5.91 Å². The van der Waals surface area contributed by atoms with E-state index >= 15 is 0 Å². The van der Waals surface area contributed by atoms with E-state index in [0.717, 1.165) is 27.1 Å². The van der Waals surface area contributed by atoms with Gasteiger partial charge in [0.2, 0.25) is 0 Å². The highest BCUT2D eigenvalue weighted by Crippen LogP contribution is 2.27. The molecule has 0 bridgehead atoms. The molecule has 1 aromatic heterocycles. The van der Waals surface area contributed by atoms with Gasteiger partial charge in [0, 0.05) is 18.7 Å². The summed E-state index contributed by atoms with van der Waals surface area (Å²) in [5.41, 5.74) is 3.63. The van der Waals surface area contributed by atoms with Crippen molar-refractivity contribution < 1.29 is 14.3 Å². The van der Waals surface area contributed by atoms with E-state index in [0.29, 0.717) is 30.1 Å². The molecule has 1 heterocycles. The fraction of sp³-hybridized carbons (Fsp3) is 0.333. The summed E-state index contributed by atoms with van der Waals surface area (Å²) in [6.07, 6.45) is 0. The third-order valence-corrected chi connectivity index (χ3v) is 5.40. The molecule has 2 aromatic carbocycles. The van der Waals surface area contributed by atoms with E-state index in [1.165, 1.54) is 11.3 Å². The number of aryl methyl sites for hydroxylation is 2. The Kier molecular flexibility index (Phi) is 6.08. The summed E-state index contributed by atoms with van der Waals surface area (Å²) in [7, 11) is 1.65. The van der Waals surface area contributed by atoms with Crippen molar-refractivity contribution in [1.82, 2.24) is 4.57 Å². The van der Waals surface area contributed by atoms with Crippen LogP contribution in [0.2, 0.25) is 0 Å². The normalized spacial score (nSPS) is 11.9. The Balaban J connectivity index is 2.12. The number of methoxy groups -OCH3 is 1. The van der Waals surface area contributed by atoms with Gasteiger partial charge in [-0.3, -0.25) is 4.79 Å². The molecule has 0 spiro atoms. The van der Waals surface area contributed by atoms with Crippen LogP contribution in [0.5, 0.6) is 5.75 Å². The molecule has 6 heteroatoms. The number of benzene rings is 2. The fourth-order valence-corrected chi connectivity index (χ4v) is 4.13. The highest BCUT2D eigenvalue weighted by Gasteiger charge is 2.14. The molecule has 142 valence electrons. The van der Waals surface area contributed by atoms with E-state index in [2.05, 4.69) is 4.99 Å². The highest BCUT2D eigenvalue weighted by atomic mass is 32.1. The first-order chi connectivity index (χ1) is 13.0. The van der Waals surface area contributed by atoms with Crippen molar-refractivity contribution in [2.24, 2.45) is 4.99 Å². The second-order valence-corrected chi connectivity index (χ2v) is 7.28. The van der Waals surface area contributed by atoms with E-state index in [1.807, 2.05) is 61.7 Å². The highest BCUT2D eigenvalue weighted by molar-refractivity contribution is 7.16. The number of nitrogens with zero attached hydrogens (tertiary/aromatic N) is 2. The molecule has 0 unspecified atom stereocenters. The maximum absolute atomic E-state index is 12.8. The van der Waals surface area contributed by atoms with Crippen LogP contribution in [0, 0.1) is 13.8 Å². The van der Waals surface area contributed by atoms with Gasteiger partial charge in [0.05, 0.1) is 18.4 Å². The largest absolute Gasteiger partial charge is 0.495 e. The predicted molar refractivity (Wildman–Crippen MR) is 109 cm³/mol. The van der Waals surface area contributed by atoms with Crippen molar-refractivity contribution in [3.63, 3.8) is 0 Å². The van der Waals surface area contributed by atoms with Gasteiger partial charge in [-0.05, 0) is 44.5 Å². The van der Waals surface area contributed by atoms with Crippen LogP contribution in [-0.4, -0.2) is 30.8 Å². The second-order valence-electron chi connectivity index (χ2n) is 6.28. The zero-order valence-electron chi connectivity index (χ0n) is 16.1. The summed E-state index contributed by atoms with van der Waals surface area (Å²) in [5.74, 6) is 0.531. The van der Waals surface area contributed by atoms with Gasteiger partial charge in [-0.15, -0.1) is 0 Å². The number of carbonyl (C=O) groups is 1. The lowest BCUT2D eigenvalue weighted by molar-refractivity contribution is 0.0996. The minimum Gasteiger partial charge on any atom is -0.495 e. The smallest absolute Gasteiger partial charge is 0.279 e. The Hall–Kier alpha value is -2.44. The Morgan fingerprint density at radius 2 is 2.04 bits per heavy atom. The van der Waals surface area contributed by atoms with Crippen molar-refractivity contribution in [3.05, 3.63) is 57.9 Å². The fourth-order valence-electron chi connectivity index (χ4n) is 3.06. The minimum absolute atomic E-state index is 0.233. The van der Waals surface area contributed by atoms with Crippen LogP contribution in [0.15, 0.2) is 41.4 Å². The van der Waals surface area contributed by atoms with Crippen LogP contribution in [-0.2, 0) is 11.3 Å². The number of hydrogen-bond acceptors (Lipinski definition) is 4. The maximum Gasteiger partial charge on any atom is 0.279 e. The Morgan fingerprint density at radius 1 is 1.22 bits per heavy atom. The van der Waals surface area contributed by atoms with Gasteiger partial charge in [0.15, 0.2) is 4.80 Å². The van der Waals surface area contributed by atoms with Crippen molar-refractivity contribution in [2.45, 2.75) is 27.3 Å². The van der Waals surface area contributed by atoms with Gasteiger partial charge in [-0.2, -0.15) is 4.99 Å². The molecule has 27 heavy (non-hydrogen) atoms. The molecule has 0 saturated heterocycles. The Bertz CT molecular complexity index is 1030. The first kappa shape index (κ1) is 19.3. The van der Waals surface area contributed by atoms with Crippen LogP contribution in [0.1, 0.15) is 28.4 Å². The molecule has 0 radical (unpaired) electrons. The van der Waals surface area contributed by atoms with Gasteiger partial charge in [0.25, 0.3) is 5.91 Å². The van der Waals surface area contributed by atoms with Crippen LogP contribution in [0.3, 0.4) is 0 Å². The molecule has 5 nitrogen and oxygen atoms in total. The molecule has 3 aromatic rings. The molecule has 3 rings (SSSR count). The van der Waals surface area contributed by atoms with Gasteiger partial charge in [-0.25, -0.2) is 0 Å². The van der Waals surface area contributed by atoms with Gasteiger partial charge < -0.3 is 14.0 Å². The first-order valence-electron chi connectivity index (χ1n) is 8.95. The number of fused-ring (bicyclic) bond motifs is 1. The summed E-state index contributed by atoms with van der Waals surface area (Å²) in [4.78, 5) is 17.9. The SMILES string of the molecule is CCOCCn1c(=NC(=O)c2ccc(C)cc2C)sc2cccc(OC)c21. The zero-order valence-corrected chi connectivity index (χ0v) is 16.9. The summed E-state index contributed by atoms with van der Waals surface area (Å²) in [6, 6.07) is 11.7. The lowest BCUT2D eigenvalue weighted by atomic mass is 10.1. The average Bonchev–Trinajstić information content (AvgIpc) is 2.99. The number of carbonyl (C=O) groups excluding carboxylic acids is 1. The second kappa shape index (κ2) is 8.50. The van der Waals surface area contributed by atoms with Crippen molar-refractivity contribution in [3.8, 4) is 5.75 Å². The number of aromatic nitrogens is 1. The number of hydrogen-bond donors (Lipinski definition) is 0. The molecule has 0 aliphatic heterocycles. The molecule has 0 aliphatic rings. The standard InChI is InChI=1S/C21H24N2O3S/c1-5-26-12-11-23-19-17(25-4)7-6-8-18(19)27-21(23)22-20(24)16-10-9-14(2)13-15(16)3/h6-10,13H,5,11-12H2,1-4H3. The van der Waals surface area contributed by atoms with E-state index in [1.54, 1.807) is 7.11 Å². The summed E-state index contributed by atoms with van der Waals surface area (Å²) in [5, 5.41) is 0. The number of ether oxygens (including phenoxy) is 2. The molecule has 0 fully saturated rings. The Morgan fingerprint density at radius 3 is 2.74 bits per heavy atom. The number of rotatable bonds is 6. The van der Waals surface area contributed by atoms with Gasteiger partial charge in [-0.1, -0.05) is 35.1 Å². The lowest BCUT2D eigenvalue weighted by Crippen LogP contribution is -2.20. The zero-order chi connectivity index (χ0) is 19.4. The Labute approximate surface area is 162 Å². The van der Waals surface area contributed by atoms with Crippen molar-refractivity contribution in [2.75, 3.05) is 20.3 Å². The van der Waals surface area contributed by atoms with E-state index in [9.17, 15) is 4.79 Å². The topological polar surface area (TPSA) is 52.8 Å². The van der Waals surface area contributed by atoms with Crippen LogP contribution >= 0.6 is 11.3 Å².